The lowest BCUT2D eigenvalue weighted by Gasteiger charge is -2.42. The van der Waals surface area contributed by atoms with Gasteiger partial charge in [-0.2, -0.15) is 12.6 Å². The normalized spacial score (nSPS) is 52.2. The summed E-state index contributed by atoms with van der Waals surface area (Å²) in [6, 6.07) is 0. The second-order valence-corrected chi connectivity index (χ2v) is 3.73. The maximum absolute atomic E-state index is 13.1. The van der Waals surface area contributed by atoms with Crippen molar-refractivity contribution in [3.63, 3.8) is 0 Å². The summed E-state index contributed by atoms with van der Waals surface area (Å²) in [4.78, 5) is 0. The maximum atomic E-state index is 13.1. The second kappa shape index (κ2) is 3.84. The predicted octanol–water partition coefficient (Wildman–Crippen LogP) is 0.787. The molecule has 0 saturated carbocycles. The van der Waals surface area contributed by atoms with Crippen molar-refractivity contribution in [2.45, 2.75) is 29.6 Å². The lowest BCUT2D eigenvalue weighted by Crippen LogP contribution is -2.67. The van der Waals surface area contributed by atoms with Crippen molar-refractivity contribution in [1.82, 2.24) is 5.32 Å². The van der Waals surface area contributed by atoms with Crippen molar-refractivity contribution in [1.29, 1.82) is 0 Å². The standard InChI is InChI=1S/C6H9ClF3NOS/c7-1-6(12)3(9)2(8)4(10)11-5(6)13/h2-5,11-13H,1H2. The van der Waals surface area contributed by atoms with Crippen molar-refractivity contribution in [3.05, 3.63) is 0 Å². The first kappa shape index (κ1) is 11.4. The summed E-state index contributed by atoms with van der Waals surface area (Å²) in [6.07, 6.45) is -6.96. The van der Waals surface area contributed by atoms with Gasteiger partial charge in [-0.15, -0.1) is 11.6 Å². The highest BCUT2D eigenvalue weighted by atomic mass is 35.5. The van der Waals surface area contributed by atoms with Gasteiger partial charge >= 0.3 is 0 Å². The van der Waals surface area contributed by atoms with Crippen LogP contribution in [0.2, 0.25) is 0 Å². The van der Waals surface area contributed by atoms with Crippen LogP contribution in [0, 0.1) is 0 Å². The number of rotatable bonds is 1. The third kappa shape index (κ3) is 1.77. The van der Waals surface area contributed by atoms with E-state index in [1.54, 1.807) is 0 Å². The number of alkyl halides is 4. The van der Waals surface area contributed by atoms with E-state index < -0.39 is 35.5 Å². The van der Waals surface area contributed by atoms with Crippen molar-refractivity contribution in [2.24, 2.45) is 0 Å². The SMILES string of the molecule is OC1(CCl)C(S)NC(F)C(F)C1F. The lowest BCUT2D eigenvalue weighted by atomic mass is 9.92. The van der Waals surface area contributed by atoms with Crippen LogP contribution in [-0.2, 0) is 0 Å². The molecule has 7 heteroatoms. The lowest BCUT2D eigenvalue weighted by molar-refractivity contribution is -0.111. The molecule has 78 valence electrons. The first-order valence-corrected chi connectivity index (χ1v) is 4.63. The molecule has 0 aromatic heterocycles. The fourth-order valence-electron chi connectivity index (χ4n) is 1.11. The van der Waals surface area contributed by atoms with E-state index in [1.807, 2.05) is 5.32 Å². The average Bonchev–Trinajstić information content (AvgIpc) is 2.11. The van der Waals surface area contributed by atoms with Gasteiger partial charge in [0.25, 0.3) is 0 Å². The van der Waals surface area contributed by atoms with Crippen LogP contribution in [0.1, 0.15) is 0 Å². The van der Waals surface area contributed by atoms with Gasteiger partial charge < -0.3 is 5.11 Å². The molecule has 0 aromatic carbocycles. The third-order valence-electron chi connectivity index (χ3n) is 2.04. The Kier molecular flexibility index (Phi) is 3.38. The van der Waals surface area contributed by atoms with Crippen LogP contribution in [0.15, 0.2) is 0 Å². The van der Waals surface area contributed by atoms with E-state index in [2.05, 4.69) is 12.6 Å². The minimum atomic E-state index is -2.42. The average molecular weight is 236 g/mol. The van der Waals surface area contributed by atoms with Crippen molar-refractivity contribution >= 4 is 24.2 Å². The zero-order valence-corrected chi connectivity index (χ0v) is 8.07. The fraction of sp³-hybridized carbons (Fsp3) is 1.00. The van der Waals surface area contributed by atoms with E-state index in [0.29, 0.717) is 0 Å². The molecule has 1 aliphatic rings. The monoisotopic (exact) mass is 235 g/mol. The molecule has 0 aromatic rings. The van der Waals surface area contributed by atoms with Crippen molar-refractivity contribution < 1.29 is 18.3 Å². The summed E-state index contributed by atoms with van der Waals surface area (Å²) in [5.74, 6) is -0.553. The van der Waals surface area contributed by atoms with Gasteiger partial charge in [0.1, 0.15) is 5.60 Å². The Morgan fingerprint density at radius 3 is 2.46 bits per heavy atom. The Labute approximate surface area is 83.9 Å². The molecular formula is C6H9ClF3NOS. The van der Waals surface area contributed by atoms with Crippen molar-refractivity contribution in [2.75, 3.05) is 5.88 Å². The third-order valence-corrected chi connectivity index (χ3v) is 3.07. The molecule has 1 rings (SSSR count). The number of nitrogens with one attached hydrogen (secondary N) is 1. The minimum absolute atomic E-state index is 0.553. The molecule has 1 aliphatic heterocycles. The van der Waals surface area contributed by atoms with E-state index in [-0.39, 0.29) is 0 Å². The molecule has 0 bridgehead atoms. The maximum Gasteiger partial charge on any atom is 0.186 e. The van der Waals surface area contributed by atoms with Crippen LogP contribution in [0.25, 0.3) is 0 Å². The molecule has 13 heavy (non-hydrogen) atoms. The van der Waals surface area contributed by atoms with Gasteiger partial charge in [-0.3, -0.25) is 5.32 Å². The largest absolute Gasteiger partial charge is 0.383 e. The first-order valence-electron chi connectivity index (χ1n) is 3.58. The molecule has 0 amide bonds. The molecule has 2 N–H and O–H groups in total. The van der Waals surface area contributed by atoms with Crippen LogP contribution in [0.4, 0.5) is 13.2 Å². The molecule has 5 unspecified atom stereocenters. The molecule has 1 saturated heterocycles. The molecule has 0 radical (unpaired) electrons. The summed E-state index contributed by atoms with van der Waals surface area (Å²) < 4.78 is 38.5. The van der Waals surface area contributed by atoms with Gasteiger partial charge in [0.2, 0.25) is 0 Å². The summed E-state index contributed by atoms with van der Waals surface area (Å²) in [6.45, 7) is 0. The van der Waals surface area contributed by atoms with Gasteiger partial charge in [0.15, 0.2) is 18.6 Å². The number of thiol groups is 1. The predicted molar refractivity (Wildman–Crippen MR) is 46.3 cm³/mol. The van der Waals surface area contributed by atoms with Crippen LogP contribution in [0.5, 0.6) is 0 Å². The van der Waals surface area contributed by atoms with Gasteiger partial charge in [-0.05, 0) is 0 Å². The second-order valence-electron chi connectivity index (χ2n) is 2.94. The van der Waals surface area contributed by atoms with Crippen LogP contribution < -0.4 is 5.32 Å². The van der Waals surface area contributed by atoms with Gasteiger partial charge in [-0.1, -0.05) is 0 Å². The number of aliphatic hydroxyl groups is 1. The smallest absolute Gasteiger partial charge is 0.186 e. The van der Waals surface area contributed by atoms with Gasteiger partial charge in [0, 0.05) is 0 Å². The van der Waals surface area contributed by atoms with E-state index in [0.717, 1.165) is 0 Å². The zero-order valence-electron chi connectivity index (χ0n) is 6.42. The minimum Gasteiger partial charge on any atom is -0.383 e. The van der Waals surface area contributed by atoms with E-state index in [4.69, 9.17) is 11.6 Å². The topological polar surface area (TPSA) is 32.3 Å². The first-order chi connectivity index (χ1) is 5.93. The van der Waals surface area contributed by atoms with E-state index in [1.165, 1.54) is 0 Å². The number of halogens is 4. The Morgan fingerprint density at radius 1 is 1.46 bits per heavy atom. The summed E-state index contributed by atoms with van der Waals surface area (Å²) >= 11 is 8.95. The molecule has 1 fully saturated rings. The highest BCUT2D eigenvalue weighted by Gasteiger charge is 2.54. The van der Waals surface area contributed by atoms with E-state index >= 15 is 0 Å². The quantitative estimate of drug-likeness (QED) is 0.357. The molecule has 1 heterocycles. The molecule has 2 nitrogen and oxygen atoms in total. The number of hydrogen-bond donors (Lipinski definition) is 3. The molecule has 0 aliphatic carbocycles. The Bertz CT molecular complexity index is 201. The van der Waals surface area contributed by atoms with E-state index in [9.17, 15) is 18.3 Å². The van der Waals surface area contributed by atoms with Crippen molar-refractivity contribution in [3.8, 4) is 0 Å². The zero-order chi connectivity index (χ0) is 10.2. The van der Waals surface area contributed by atoms with Crippen LogP contribution in [0.3, 0.4) is 0 Å². The number of hydrogen-bond acceptors (Lipinski definition) is 3. The Morgan fingerprint density at radius 2 is 2.00 bits per heavy atom. The highest BCUT2D eigenvalue weighted by Crippen LogP contribution is 2.33. The van der Waals surface area contributed by atoms with Crippen LogP contribution in [-0.4, -0.2) is 40.6 Å². The van der Waals surface area contributed by atoms with Gasteiger partial charge in [0.05, 0.1) is 11.3 Å². The van der Waals surface area contributed by atoms with Crippen LogP contribution >= 0.6 is 24.2 Å². The summed E-state index contributed by atoms with van der Waals surface area (Å²) in [5, 5.41) is 10.2. The summed E-state index contributed by atoms with van der Waals surface area (Å²) in [5.41, 5.74) is -2.17. The Hall–Kier alpha value is 0.350. The Balaban J connectivity index is 2.85. The molecule has 0 spiro atoms. The number of piperidine rings is 1. The van der Waals surface area contributed by atoms with Gasteiger partial charge in [-0.25, -0.2) is 13.2 Å². The fourth-order valence-corrected chi connectivity index (χ4v) is 1.89. The summed E-state index contributed by atoms with van der Waals surface area (Å²) in [7, 11) is 0. The molecular weight excluding hydrogens is 227 g/mol. The highest BCUT2D eigenvalue weighted by molar-refractivity contribution is 7.81. The molecule has 5 atom stereocenters.